The summed E-state index contributed by atoms with van der Waals surface area (Å²) in [5.41, 5.74) is 6.90. The molecule has 0 atom stereocenters. The first-order valence-electron chi connectivity index (χ1n) is 4.68. The van der Waals surface area contributed by atoms with E-state index >= 15 is 0 Å². The smallest absolute Gasteiger partial charge is 0.126 e. The van der Waals surface area contributed by atoms with Gasteiger partial charge in [-0.25, -0.2) is 4.98 Å². The van der Waals surface area contributed by atoms with Gasteiger partial charge in [0, 0.05) is 15.5 Å². The number of hydrogen-bond donors (Lipinski definition) is 1. The van der Waals surface area contributed by atoms with Crippen molar-refractivity contribution in [3.63, 3.8) is 0 Å². The van der Waals surface area contributed by atoms with Gasteiger partial charge in [0.15, 0.2) is 0 Å². The van der Waals surface area contributed by atoms with Crippen LogP contribution in [0.5, 0.6) is 0 Å². The molecule has 2 rings (SSSR count). The molecular formula is C11H11BrN2S. The van der Waals surface area contributed by atoms with Crippen molar-refractivity contribution in [2.24, 2.45) is 0 Å². The molecule has 0 spiro atoms. The van der Waals surface area contributed by atoms with Crippen LogP contribution in [-0.4, -0.2) is 4.98 Å². The first-order chi connectivity index (χ1) is 7.27. The number of nitrogens with two attached hydrogens (primary N) is 1. The van der Waals surface area contributed by atoms with Gasteiger partial charge in [-0.3, -0.25) is 0 Å². The normalized spacial score (nSPS) is 10.5. The van der Waals surface area contributed by atoms with Crippen molar-refractivity contribution in [3.05, 3.63) is 44.7 Å². The van der Waals surface area contributed by atoms with E-state index < -0.39 is 0 Å². The number of nitrogen functional groups attached to an aromatic ring is 1. The lowest BCUT2D eigenvalue weighted by Crippen LogP contribution is -1.98. The molecule has 2 aromatic rings. The van der Waals surface area contributed by atoms with E-state index in [9.17, 15) is 0 Å². The molecule has 0 amide bonds. The van der Waals surface area contributed by atoms with Crippen LogP contribution in [0.3, 0.4) is 0 Å². The van der Waals surface area contributed by atoms with E-state index in [0.717, 1.165) is 18.4 Å². The van der Waals surface area contributed by atoms with Crippen LogP contribution in [-0.2, 0) is 12.8 Å². The third kappa shape index (κ3) is 2.58. The lowest BCUT2D eigenvalue weighted by atomic mass is 10.1. The number of thiophene rings is 1. The Morgan fingerprint density at radius 2 is 2.20 bits per heavy atom. The van der Waals surface area contributed by atoms with E-state index in [4.69, 9.17) is 5.73 Å². The molecule has 0 radical (unpaired) electrons. The Labute approximate surface area is 101 Å². The van der Waals surface area contributed by atoms with Gasteiger partial charge in [0.25, 0.3) is 0 Å². The van der Waals surface area contributed by atoms with Crippen molar-refractivity contribution in [3.8, 4) is 0 Å². The van der Waals surface area contributed by atoms with Gasteiger partial charge >= 0.3 is 0 Å². The van der Waals surface area contributed by atoms with Crippen LogP contribution in [0.2, 0.25) is 0 Å². The minimum atomic E-state index is 0.644. The van der Waals surface area contributed by atoms with E-state index in [0.29, 0.717) is 5.82 Å². The lowest BCUT2D eigenvalue weighted by Gasteiger charge is -2.03. The maximum absolute atomic E-state index is 5.78. The van der Waals surface area contributed by atoms with Crippen molar-refractivity contribution < 1.29 is 0 Å². The molecular weight excluding hydrogens is 272 g/mol. The van der Waals surface area contributed by atoms with Crippen molar-refractivity contribution in [2.75, 3.05) is 5.73 Å². The Morgan fingerprint density at radius 1 is 1.33 bits per heavy atom. The molecule has 0 unspecified atom stereocenters. The van der Waals surface area contributed by atoms with Crippen LogP contribution >= 0.6 is 27.3 Å². The summed E-state index contributed by atoms with van der Waals surface area (Å²) in [6.07, 6.45) is 3.67. The average Bonchev–Trinajstić information content (AvgIpc) is 2.63. The molecule has 0 aliphatic carbocycles. The molecule has 78 valence electrons. The van der Waals surface area contributed by atoms with E-state index in [-0.39, 0.29) is 0 Å². The summed E-state index contributed by atoms with van der Waals surface area (Å²) in [5.74, 6) is 0.644. The number of halogens is 1. The van der Waals surface area contributed by atoms with E-state index in [1.54, 1.807) is 17.5 Å². The fourth-order valence-corrected chi connectivity index (χ4v) is 2.97. The summed E-state index contributed by atoms with van der Waals surface area (Å²) in [6, 6.07) is 6.03. The predicted octanol–water partition coefficient (Wildman–Crippen LogP) is 3.27. The van der Waals surface area contributed by atoms with Gasteiger partial charge in [0.2, 0.25) is 0 Å². The minimum absolute atomic E-state index is 0.644. The summed E-state index contributed by atoms with van der Waals surface area (Å²) < 4.78 is 1.19. The molecule has 0 aliphatic heterocycles. The Balaban J connectivity index is 2.06. The molecule has 0 aliphatic rings. The second-order valence-corrected chi connectivity index (χ2v) is 5.09. The molecule has 2 N–H and O–H groups in total. The number of anilines is 1. The van der Waals surface area contributed by atoms with Gasteiger partial charge in [0.05, 0.1) is 0 Å². The second-order valence-electron chi connectivity index (χ2n) is 3.24. The molecule has 0 fully saturated rings. The third-order valence-electron chi connectivity index (χ3n) is 2.24. The number of rotatable bonds is 3. The first kappa shape index (κ1) is 10.6. The van der Waals surface area contributed by atoms with Crippen LogP contribution in [0.4, 0.5) is 5.82 Å². The van der Waals surface area contributed by atoms with Crippen LogP contribution in [0, 0.1) is 0 Å². The average molecular weight is 283 g/mol. The highest BCUT2D eigenvalue weighted by atomic mass is 79.9. The molecule has 0 bridgehead atoms. The van der Waals surface area contributed by atoms with Crippen molar-refractivity contribution in [1.82, 2.24) is 4.98 Å². The molecule has 2 aromatic heterocycles. The monoisotopic (exact) mass is 282 g/mol. The van der Waals surface area contributed by atoms with Gasteiger partial charge < -0.3 is 5.73 Å². The summed E-state index contributed by atoms with van der Waals surface area (Å²) in [7, 11) is 0. The fourth-order valence-electron chi connectivity index (χ4n) is 1.41. The summed E-state index contributed by atoms with van der Waals surface area (Å²) in [5, 5.41) is 2.09. The van der Waals surface area contributed by atoms with Crippen LogP contribution < -0.4 is 5.73 Å². The molecule has 2 heterocycles. The molecule has 15 heavy (non-hydrogen) atoms. The van der Waals surface area contributed by atoms with Gasteiger partial charge in [-0.15, -0.1) is 11.3 Å². The summed E-state index contributed by atoms with van der Waals surface area (Å²) >= 11 is 5.29. The largest absolute Gasteiger partial charge is 0.383 e. The Kier molecular flexibility index (Phi) is 3.38. The number of hydrogen-bond acceptors (Lipinski definition) is 3. The van der Waals surface area contributed by atoms with Gasteiger partial charge in [-0.2, -0.15) is 0 Å². The zero-order valence-corrected chi connectivity index (χ0v) is 10.5. The van der Waals surface area contributed by atoms with Crippen LogP contribution in [0.25, 0.3) is 0 Å². The predicted molar refractivity (Wildman–Crippen MR) is 68.1 cm³/mol. The van der Waals surface area contributed by atoms with Gasteiger partial charge in [0.1, 0.15) is 5.82 Å². The standard InChI is InChI=1S/C11H11BrN2S/c12-9-5-7-15-10(9)4-3-8-2-1-6-14-11(8)13/h1-2,5-7H,3-4H2,(H2,13,14). The minimum Gasteiger partial charge on any atom is -0.383 e. The molecule has 4 heteroatoms. The third-order valence-corrected chi connectivity index (χ3v) is 4.22. The maximum Gasteiger partial charge on any atom is 0.126 e. The molecule has 0 saturated heterocycles. The van der Waals surface area contributed by atoms with Crippen molar-refractivity contribution in [2.45, 2.75) is 12.8 Å². The van der Waals surface area contributed by atoms with E-state index in [1.165, 1.54) is 9.35 Å². The fraction of sp³-hybridized carbons (Fsp3) is 0.182. The highest BCUT2D eigenvalue weighted by molar-refractivity contribution is 9.10. The van der Waals surface area contributed by atoms with Crippen LogP contribution in [0.1, 0.15) is 10.4 Å². The zero-order valence-electron chi connectivity index (χ0n) is 8.11. The Hall–Kier alpha value is -0.870. The Morgan fingerprint density at radius 3 is 2.87 bits per heavy atom. The number of pyridine rings is 1. The maximum atomic E-state index is 5.78. The zero-order chi connectivity index (χ0) is 10.7. The number of nitrogens with zero attached hydrogens (tertiary/aromatic N) is 1. The summed E-state index contributed by atoms with van der Waals surface area (Å²) in [6.45, 7) is 0. The summed E-state index contributed by atoms with van der Waals surface area (Å²) in [4.78, 5) is 5.43. The number of aromatic nitrogens is 1. The van der Waals surface area contributed by atoms with E-state index in [1.807, 2.05) is 12.1 Å². The molecule has 0 aromatic carbocycles. The first-order valence-corrected chi connectivity index (χ1v) is 6.36. The Bertz CT molecular complexity index is 453. The van der Waals surface area contributed by atoms with Crippen molar-refractivity contribution in [1.29, 1.82) is 0 Å². The lowest BCUT2D eigenvalue weighted by molar-refractivity contribution is 0.970. The van der Waals surface area contributed by atoms with Crippen molar-refractivity contribution >= 4 is 33.1 Å². The molecule has 0 saturated carbocycles. The quantitative estimate of drug-likeness (QED) is 0.939. The molecule has 2 nitrogen and oxygen atoms in total. The highest BCUT2D eigenvalue weighted by Gasteiger charge is 2.04. The van der Waals surface area contributed by atoms with E-state index in [2.05, 4.69) is 32.4 Å². The SMILES string of the molecule is Nc1ncccc1CCc1sccc1Br. The number of aryl methyl sites for hydroxylation is 2. The van der Waals surface area contributed by atoms with Gasteiger partial charge in [-0.05, 0) is 51.8 Å². The second kappa shape index (κ2) is 4.77. The topological polar surface area (TPSA) is 38.9 Å². The highest BCUT2D eigenvalue weighted by Crippen LogP contribution is 2.24. The van der Waals surface area contributed by atoms with Crippen LogP contribution in [0.15, 0.2) is 34.2 Å². The van der Waals surface area contributed by atoms with Gasteiger partial charge in [-0.1, -0.05) is 6.07 Å².